The Morgan fingerprint density at radius 1 is 1.11 bits per heavy atom. The predicted octanol–water partition coefficient (Wildman–Crippen LogP) is 3.45. The van der Waals surface area contributed by atoms with Crippen molar-refractivity contribution in [1.82, 2.24) is 15.6 Å². The molecule has 2 heterocycles. The number of ether oxygens (including phenoxy) is 1. The lowest BCUT2D eigenvalue weighted by Gasteiger charge is -2.13. The van der Waals surface area contributed by atoms with Crippen molar-refractivity contribution in [2.75, 3.05) is 31.5 Å². The van der Waals surface area contributed by atoms with Gasteiger partial charge < -0.3 is 20.7 Å². The molecule has 6 nitrogen and oxygen atoms in total. The van der Waals surface area contributed by atoms with Gasteiger partial charge in [-0.3, -0.25) is 0 Å². The van der Waals surface area contributed by atoms with Crippen molar-refractivity contribution in [1.29, 1.82) is 0 Å². The first-order chi connectivity index (χ1) is 13.3. The SMILES string of the molecule is CCNC(=NCC1Cc2ccccc2O1)NCCCCNc1ccccn1.I. The van der Waals surface area contributed by atoms with Crippen LogP contribution < -0.4 is 20.7 Å². The molecule has 1 aliphatic heterocycles. The summed E-state index contributed by atoms with van der Waals surface area (Å²) in [6.07, 6.45) is 4.99. The molecule has 0 amide bonds. The monoisotopic (exact) mass is 495 g/mol. The number of unbranched alkanes of at least 4 members (excludes halogenated alkanes) is 1. The van der Waals surface area contributed by atoms with Gasteiger partial charge >= 0.3 is 0 Å². The molecule has 152 valence electrons. The smallest absolute Gasteiger partial charge is 0.191 e. The van der Waals surface area contributed by atoms with E-state index in [9.17, 15) is 0 Å². The number of halogens is 1. The molecule has 2 aromatic rings. The number of para-hydroxylation sites is 1. The van der Waals surface area contributed by atoms with Gasteiger partial charge in [0.1, 0.15) is 17.7 Å². The molecular formula is C21H30IN5O. The average molecular weight is 495 g/mol. The van der Waals surface area contributed by atoms with Crippen molar-refractivity contribution in [3.63, 3.8) is 0 Å². The fourth-order valence-corrected chi connectivity index (χ4v) is 3.03. The van der Waals surface area contributed by atoms with E-state index in [1.807, 2.05) is 30.3 Å². The molecule has 0 saturated carbocycles. The van der Waals surface area contributed by atoms with Gasteiger partial charge in [-0.15, -0.1) is 24.0 Å². The van der Waals surface area contributed by atoms with E-state index in [1.54, 1.807) is 6.20 Å². The molecule has 0 spiro atoms. The highest BCUT2D eigenvalue weighted by molar-refractivity contribution is 14.0. The molecule has 3 rings (SSSR count). The van der Waals surface area contributed by atoms with E-state index < -0.39 is 0 Å². The van der Waals surface area contributed by atoms with E-state index in [2.05, 4.69) is 45.0 Å². The number of nitrogens with one attached hydrogen (secondary N) is 3. The van der Waals surface area contributed by atoms with E-state index >= 15 is 0 Å². The van der Waals surface area contributed by atoms with Crippen LogP contribution in [0.3, 0.4) is 0 Å². The number of rotatable bonds is 9. The van der Waals surface area contributed by atoms with E-state index in [-0.39, 0.29) is 30.1 Å². The highest BCUT2D eigenvalue weighted by atomic mass is 127. The van der Waals surface area contributed by atoms with Gasteiger partial charge in [-0.1, -0.05) is 24.3 Å². The van der Waals surface area contributed by atoms with Crippen molar-refractivity contribution in [3.05, 3.63) is 54.2 Å². The van der Waals surface area contributed by atoms with E-state index in [4.69, 9.17) is 4.74 Å². The minimum atomic E-state index is 0. The lowest BCUT2D eigenvalue weighted by atomic mass is 10.1. The molecule has 1 aliphatic rings. The Labute approximate surface area is 184 Å². The molecule has 0 bridgehead atoms. The van der Waals surface area contributed by atoms with Crippen LogP contribution in [0, 0.1) is 0 Å². The maximum atomic E-state index is 5.96. The van der Waals surface area contributed by atoms with E-state index in [0.717, 1.165) is 56.4 Å². The summed E-state index contributed by atoms with van der Waals surface area (Å²) in [4.78, 5) is 8.95. The molecule has 0 saturated heterocycles. The summed E-state index contributed by atoms with van der Waals surface area (Å²) in [7, 11) is 0. The van der Waals surface area contributed by atoms with Gasteiger partial charge in [-0.2, -0.15) is 0 Å². The third-order valence-electron chi connectivity index (χ3n) is 4.38. The lowest BCUT2D eigenvalue weighted by molar-refractivity contribution is 0.241. The lowest BCUT2D eigenvalue weighted by Crippen LogP contribution is -2.38. The number of anilines is 1. The van der Waals surface area contributed by atoms with Crippen molar-refractivity contribution < 1.29 is 4.74 Å². The average Bonchev–Trinajstić information content (AvgIpc) is 3.12. The largest absolute Gasteiger partial charge is 0.488 e. The van der Waals surface area contributed by atoms with Crippen LogP contribution in [0.25, 0.3) is 0 Å². The normalized spacial score (nSPS) is 15.2. The van der Waals surface area contributed by atoms with Gasteiger partial charge in [0.05, 0.1) is 6.54 Å². The van der Waals surface area contributed by atoms with Crippen LogP contribution >= 0.6 is 24.0 Å². The van der Waals surface area contributed by atoms with Crippen molar-refractivity contribution in [2.45, 2.75) is 32.3 Å². The minimum absolute atomic E-state index is 0. The number of pyridine rings is 1. The highest BCUT2D eigenvalue weighted by Crippen LogP contribution is 2.28. The van der Waals surface area contributed by atoms with Crippen molar-refractivity contribution >= 4 is 35.8 Å². The maximum Gasteiger partial charge on any atom is 0.191 e. The summed E-state index contributed by atoms with van der Waals surface area (Å²) in [5, 5.41) is 10.0. The fraction of sp³-hybridized carbons (Fsp3) is 0.429. The number of aromatic nitrogens is 1. The molecule has 0 radical (unpaired) electrons. The summed E-state index contributed by atoms with van der Waals surface area (Å²) in [6, 6.07) is 14.1. The van der Waals surface area contributed by atoms with Crippen LogP contribution in [0.5, 0.6) is 5.75 Å². The molecule has 7 heteroatoms. The van der Waals surface area contributed by atoms with Gasteiger partial charge in [0.15, 0.2) is 5.96 Å². The number of benzene rings is 1. The molecule has 1 aromatic carbocycles. The Morgan fingerprint density at radius 2 is 1.93 bits per heavy atom. The minimum Gasteiger partial charge on any atom is -0.488 e. The number of hydrogen-bond acceptors (Lipinski definition) is 4. The summed E-state index contributed by atoms with van der Waals surface area (Å²) in [5.41, 5.74) is 1.27. The van der Waals surface area contributed by atoms with Crippen LogP contribution in [-0.4, -0.2) is 43.2 Å². The zero-order valence-electron chi connectivity index (χ0n) is 16.4. The second-order valence-electron chi connectivity index (χ2n) is 6.55. The standard InChI is InChI=1S/C21H29N5O.HI/c1-2-22-21(25-14-8-7-13-24-20-11-5-6-12-23-20)26-16-18-15-17-9-3-4-10-19(17)27-18;/h3-6,9-12,18H,2,7-8,13-16H2,1H3,(H,23,24)(H2,22,25,26);1H. The molecule has 0 fully saturated rings. The third-order valence-corrected chi connectivity index (χ3v) is 4.38. The van der Waals surface area contributed by atoms with Gasteiger partial charge in [-0.25, -0.2) is 9.98 Å². The number of hydrogen-bond donors (Lipinski definition) is 3. The molecule has 1 aromatic heterocycles. The van der Waals surface area contributed by atoms with E-state index in [1.165, 1.54) is 5.56 Å². The second kappa shape index (κ2) is 12.4. The Kier molecular flexibility index (Phi) is 9.88. The quantitative estimate of drug-likeness (QED) is 0.215. The van der Waals surface area contributed by atoms with Gasteiger partial charge in [0, 0.05) is 32.3 Å². The zero-order valence-corrected chi connectivity index (χ0v) is 18.7. The Balaban J connectivity index is 0.00000280. The molecule has 3 N–H and O–H groups in total. The highest BCUT2D eigenvalue weighted by Gasteiger charge is 2.21. The van der Waals surface area contributed by atoms with Crippen LogP contribution in [0.4, 0.5) is 5.82 Å². The molecular weight excluding hydrogens is 465 g/mol. The summed E-state index contributed by atoms with van der Waals surface area (Å²) in [6.45, 7) is 5.39. The fourth-order valence-electron chi connectivity index (χ4n) is 3.03. The Hall–Kier alpha value is -2.03. The second-order valence-corrected chi connectivity index (χ2v) is 6.55. The Bertz CT molecular complexity index is 701. The third kappa shape index (κ3) is 7.18. The predicted molar refractivity (Wildman–Crippen MR) is 126 cm³/mol. The van der Waals surface area contributed by atoms with Crippen molar-refractivity contribution in [3.8, 4) is 5.75 Å². The van der Waals surface area contributed by atoms with Crippen LogP contribution in [0.1, 0.15) is 25.3 Å². The summed E-state index contributed by atoms with van der Waals surface area (Å²) < 4.78 is 5.96. The van der Waals surface area contributed by atoms with Crippen LogP contribution in [0.15, 0.2) is 53.7 Å². The first-order valence-electron chi connectivity index (χ1n) is 9.77. The van der Waals surface area contributed by atoms with Gasteiger partial charge in [0.2, 0.25) is 0 Å². The maximum absolute atomic E-state index is 5.96. The van der Waals surface area contributed by atoms with Gasteiger partial charge in [-0.05, 0) is 43.5 Å². The molecule has 1 atom stereocenters. The number of nitrogens with zero attached hydrogens (tertiary/aromatic N) is 2. The number of guanidine groups is 1. The number of aliphatic imine (C=N–C) groups is 1. The molecule has 28 heavy (non-hydrogen) atoms. The summed E-state index contributed by atoms with van der Waals surface area (Å²) in [5.74, 6) is 2.78. The first kappa shape index (κ1) is 22.3. The van der Waals surface area contributed by atoms with Crippen LogP contribution in [0.2, 0.25) is 0 Å². The van der Waals surface area contributed by atoms with Gasteiger partial charge in [0.25, 0.3) is 0 Å². The Morgan fingerprint density at radius 3 is 2.71 bits per heavy atom. The zero-order chi connectivity index (χ0) is 18.7. The van der Waals surface area contributed by atoms with E-state index in [0.29, 0.717) is 6.54 Å². The first-order valence-corrected chi connectivity index (χ1v) is 9.77. The van der Waals surface area contributed by atoms with Crippen molar-refractivity contribution in [2.24, 2.45) is 4.99 Å². The summed E-state index contributed by atoms with van der Waals surface area (Å²) >= 11 is 0. The number of fused-ring (bicyclic) bond motifs is 1. The molecule has 1 unspecified atom stereocenters. The van der Waals surface area contributed by atoms with Crippen LogP contribution in [-0.2, 0) is 6.42 Å². The topological polar surface area (TPSA) is 70.6 Å². The molecule has 0 aliphatic carbocycles.